The number of nitrogens with two attached hydrogens (primary N) is 1. The molecule has 6 heteroatoms. The number of rotatable bonds is 4. The van der Waals surface area contributed by atoms with Gasteiger partial charge in [-0.15, -0.1) is 11.8 Å². The van der Waals surface area contributed by atoms with Crippen molar-refractivity contribution in [3.8, 4) is 0 Å². The summed E-state index contributed by atoms with van der Waals surface area (Å²) in [5.74, 6) is 1.64. The number of hydrogen-bond acceptors (Lipinski definition) is 4. The van der Waals surface area contributed by atoms with Gasteiger partial charge in [0.15, 0.2) is 0 Å². The number of benzene rings is 1. The Labute approximate surface area is 159 Å². The van der Waals surface area contributed by atoms with Crippen LogP contribution in [0.25, 0.3) is 0 Å². The molecule has 2 bridgehead atoms. The monoisotopic (exact) mass is 373 g/mol. The van der Waals surface area contributed by atoms with Crippen molar-refractivity contribution in [1.82, 2.24) is 5.32 Å². The lowest BCUT2D eigenvalue weighted by Gasteiger charge is -2.45. The van der Waals surface area contributed by atoms with Gasteiger partial charge in [0, 0.05) is 29.9 Å². The van der Waals surface area contributed by atoms with E-state index in [1.54, 1.807) is 16.7 Å². The van der Waals surface area contributed by atoms with Crippen LogP contribution in [0.4, 0.5) is 5.69 Å². The molecule has 1 aromatic rings. The second-order valence-corrected chi connectivity index (χ2v) is 8.84. The third-order valence-corrected chi connectivity index (χ3v) is 7.12. The molecule has 140 valence electrons. The normalized spacial score (nSPS) is 30.7. The highest BCUT2D eigenvalue weighted by atomic mass is 32.2. The van der Waals surface area contributed by atoms with Crippen LogP contribution in [-0.4, -0.2) is 36.2 Å². The van der Waals surface area contributed by atoms with E-state index in [4.69, 9.17) is 5.73 Å². The molecular weight excluding hydrogens is 346 g/mol. The summed E-state index contributed by atoms with van der Waals surface area (Å²) in [6, 6.07) is 8.49. The van der Waals surface area contributed by atoms with Crippen molar-refractivity contribution in [1.29, 1.82) is 0 Å². The van der Waals surface area contributed by atoms with E-state index in [1.807, 2.05) is 24.3 Å². The second-order valence-electron chi connectivity index (χ2n) is 7.83. The summed E-state index contributed by atoms with van der Waals surface area (Å²) in [6.07, 6.45) is 6.00. The molecule has 4 rings (SSSR count). The van der Waals surface area contributed by atoms with Gasteiger partial charge >= 0.3 is 0 Å². The SMILES string of the molecule is NC1CC2CCCC(C1)C2NC(=O)CCN1C(=O)CSc2ccccc21. The fourth-order valence-electron chi connectivity index (χ4n) is 4.90. The van der Waals surface area contributed by atoms with Crippen LogP contribution in [0.5, 0.6) is 0 Å². The second kappa shape index (κ2) is 7.61. The molecule has 2 atom stereocenters. The minimum absolute atomic E-state index is 0.0610. The van der Waals surface area contributed by atoms with Crippen molar-refractivity contribution in [2.45, 2.75) is 55.5 Å². The first-order valence-corrected chi connectivity index (χ1v) is 10.7. The fourth-order valence-corrected chi connectivity index (χ4v) is 5.83. The van der Waals surface area contributed by atoms with E-state index in [9.17, 15) is 9.59 Å². The molecule has 3 aliphatic rings. The largest absolute Gasteiger partial charge is 0.353 e. The fraction of sp³-hybridized carbons (Fsp3) is 0.600. The Morgan fingerprint density at radius 1 is 1.23 bits per heavy atom. The van der Waals surface area contributed by atoms with E-state index >= 15 is 0 Å². The number of thioether (sulfide) groups is 1. The molecule has 0 radical (unpaired) electrons. The predicted octanol–water partition coefficient (Wildman–Crippen LogP) is 2.54. The molecule has 1 heterocycles. The van der Waals surface area contributed by atoms with Gasteiger partial charge in [0.1, 0.15) is 0 Å². The van der Waals surface area contributed by atoms with Gasteiger partial charge in [-0.2, -0.15) is 0 Å². The van der Waals surface area contributed by atoms with Crippen molar-refractivity contribution in [3.05, 3.63) is 24.3 Å². The zero-order chi connectivity index (χ0) is 18.1. The Balaban J connectivity index is 1.37. The molecule has 1 aliphatic heterocycles. The average molecular weight is 374 g/mol. The number of carbonyl (C=O) groups is 2. The first-order valence-electron chi connectivity index (χ1n) is 9.69. The maximum absolute atomic E-state index is 12.6. The number of fused-ring (bicyclic) bond motifs is 3. The van der Waals surface area contributed by atoms with Crippen LogP contribution < -0.4 is 16.0 Å². The number of nitrogens with zero attached hydrogens (tertiary/aromatic N) is 1. The maximum atomic E-state index is 12.6. The summed E-state index contributed by atoms with van der Waals surface area (Å²) in [7, 11) is 0. The summed E-state index contributed by atoms with van der Waals surface area (Å²) < 4.78 is 0. The number of anilines is 1. The smallest absolute Gasteiger partial charge is 0.237 e. The van der Waals surface area contributed by atoms with Crippen LogP contribution in [0.3, 0.4) is 0 Å². The zero-order valence-electron chi connectivity index (χ0n) is 15.0. The van der Waals surface area contributed by atoms with Gasteiger partial charge < -0.3 is 16.0 Å². The molecule has 2 aliphatic carbocycles. The summed E-state index contributed by atoms with van der Waals surface area (Å²) in [4.78, 5) is 27.8. The Morgan fingerprint density at radius 3 is 2.73 bits per heavy atom. The Hall–Kier alpha value is -1.53. The van der Waals surface area contributed by atoms with Gasteiger partial charge in [-0.1, -0.05) is 18.6 Å². The van der Waals surface area contributed by atoms with Crippen molar-refractivity contribution in [2.75, 3.05) is 17.2 Å². The standard InChI is InChI=1S/C20H27N3O2S/c21-15-10-13-4-3-5-14(11-15)20(13)22-18(24)8-9-23-16-6-1-2-7-17(16)26-12-19(23)25/h1-2,6-7,13-15,20H,3-5,8-12,21H2,(H,22,24). The molecule has 0 aromatic heterocycles. The van der Waals surface area contributed by atoms with Gasteiger partial charge in [0.05, 0.1) is 11.4 Å². The first kappa shape index (κ1) is 17.9. The third kappa shape index (κ3) is 3.62. The lowest BCUT2D eigenvalue weighted by Crippen LogP contribution is -2.54. The van der Waals surface area contributed by atoms with E-state index in [1.165, 1.54) is 19.3 Å². The number of nitrogens with one attached hydrogen (secondary N) is 1. The van der Waals surface area contributed by atoms with Crippen molar-refractivity contribution < 1.29 is 9.59 Å². The molecule has 2 fully saturated rings. The summed E-state index contributed by atoms with van der Waals surface area (Å²) >= 11 is 1.57. The highest BCUT2D eigenvalue weighted by Gasteiger charge is 2.39. The van der Waals surface area contributed by atoms with Gasteiger partial charge in [-0.3, -0.25) is 9.59 Å². The molecule has 2 saturated carbocycles. The predicted molar refractivity (Wildman–Crippen MR) is 104 cm³/mol. The topological polar surface area (TPSA) is 75.4 Å². The number of para-hydroxylation sites is 1. The van der Waals surface area contributed by atoms with Crippen LogP contribution in [-0.2, 0) is 9.59 Å². The van der Waals surface area contributed by atoms with Gasteiger partial charge in [-0.25, -0.2) is 0 Å². The maximum Gasteiger partial charge on any atom is 0.237 e. The first-order chi connectivity index (χ1) is 12.6. The molecule has 3 N–H and O–H groups in total. The minimum atomic E-state index is 0.0610. The van der Waals surface area contributed by atoms with E-state index in [2.05, 4.69) is 5.32 Å². The lowest BCUT2D eigenvalue weighted by molar-refractivity contribution is -0.123. The molecule has 2 unspecified atom stereocenters. The molecule has 2 amide bonds. The Bertz CT molecular complexity index is 681. The van der Waals surface area contributed by atoms with Gasteiger partial charge in [0.2, 0.25) is 11.8 Å². The lowest BCUT2D eigenvalue weighted by atomic mass is 9.67. The minimum Gasteiger partial charge on any atom is -0.353 e. The summed E-state index contributed by atoms with van der Waals surface area (Å²) in [5, 5.41) is 3.28. The van der Waals surface area contributed by atoms with Gasteiger partial charge in [0.25, 0.3) is 0 Å². The van der Waals surface area contributed by atoms with Crippen LogP contribution >= 0.6 is 11.8 Å². The van der Waals surface area contributed by atoms with E-state index in [-0.39, 0.29) is 17.9 Å². The van der Waals surface area contributed by atoms with Crippen LogP contribution in [0, 0.1) is 11.8 Å². The van der Waals surface area contributed by atoms with E-state index in [0.29, 0.717) is 36.6 Å². The van der Waals surface area contributed by atoms with E-state index < -0.39 is 0 Å². The molecular formula is C20H27N3O2S. The highest BCUT2D eigenvalue weighted by molar-refractivity contribution is 8.00. The van der Waals surface area contributed by atoms with Crippen LogP contribution in [0.2, 0.25) is 0 Å². The molecule has 26 heavy (non-hydrogen) atoms. The number of amides is 2. The number of carbonyl (C=O) groups excluding carboxylic acids is 2. The van der Waals surface area contributed by atoms with Crippen LogP contribution in [0.15, 0.2) is 29.2 Å². The molecule has 1 aromatic carbocycles. The zero-order valence-corrected chi connectivity index (χ0v) is 15.8. The highest BCUT2D eigenvalue weighted by Crippen LogP contribution is 2.40. The third-order valence-electron chi connectivity index (χ3n) is 6.07. The quantitative estimate of drug-likeness (QED) is 0.850. The van der Waals surface area contributed by atoms with Gasteiger partial charge in [-0.05, 0) is 49.7 Å². The van der Waals surface area contributed by atoms with Crippen molar-refractivity contribution in [3.63, 3.8) is 0 Å². The molecule has 5 nitrogen and oxygen atoms in total. The Morgan fingerprint density at radius 2 is 1.96 bits per heavy atom. The molecule has 0 saturated heterocycles. The average Bonchev–Trinajstić information content (AvgIpc) is 2.61. The number of hydrogen-bond donors (Lipinski definition) is 2. The van der Waals surface area contributed by atoms with E-state index in [0.717, 1.165) is 23.4 Å². The van der Waals surface area contributed by atoms with Crippen molar-refractivity contribution >= 4 is 29.3 Å². The van der Waals surface area contributed by atoms with Crippen molar-refractivity contribution in [2.24, 2.45) is 17.6 Å². The van der Waals surface area contributed by atoms with Crippen LogP contribution in [0.1, 0.15) is 38.5 Å². The molecule has 0 spiro atoms. The summed E-state index contributed by atoms with van der Waals surface area (Å²) in [6.45, 7) is 0.448. The Kier molecular flexibility index (Phi) is 5.23. The summed E-state index contributed by atoms with van der Waals surface area (Å²) in [5.41, 5.74) is 7.11.